The highest BCUT2D eigenvalue weighted by atomic mass is 35.5. The highest BCUT2D eigenvalue weighted by Crippen LogP contribution is 2.44. The second kappa shape index (κ2) is 8.21. The largest absolute Gasteiger partial charge is 0.487 e. The molecule has 0 saturated carbocycles. The minimum absolute atomic E-state index is 0.00644. The van der Waals surface area contributed by atoms with Gasteiger partial charge in [-0.3, -0.25) is 4.79 Å². The lowest BCUT2D eigenvalue weighted by atomic mass is 9.77. The van der Waals surface area contributed by atoms with Crippen molar-refractivity contribution in [2.75, 3.05) is 0 Å². The van der Waals surface area contributed by atoms with E-state index in [9.17, 15) is 14.4 Å². The van der Waals surface area contributed by atoms with Gasteiger partial charge in [0.05, 0.1) is 10.9 Å². The zero-order valence-corrected chi connectivity index (χ0v) is 16.7. The lowest BCUT2D eigenvalue weighted by molar-refractivity contribution is -0.116. The standard InChI is InChI=1S/C23H18ClFN2O3/c24-16-10-13(8-9-19(16)29-12-14-4-1-2-5-17(14)25)21-15(11-26)23(27)30-20-7-3-6-18(28)22(20)21/h1-2,4-5,8-10,21H,3,6-7,12,27H2/t21-/m0/s1. The van der Waals surface area contributed by atoms with Crippen molar-refractivity contribution in [3.05, 3.63) is 87.2 Å². The van der Waals surface area contributed by atoms with Gasteiger partial charge in [-0.05, 0) is 30.2 Å². The van der Waals surface area contributed by atoms with Crippen LogP contribution >= 0.6 is 11.6 Å². The first kappa shape index (κ1) is 20.0. The zero-order valence-electron chi connectivity index (χ0n) is 16.0. The molecule has 7 heteroatoms. The van der Waals surface area contributed by atoms with E-state index in [-0.39, 0.29) is 34.7 Å². The fourth-order valence-electron chi connectivity index (χ4n) is 3.77. The van der Waals surface area contributed by atoms with Gasteiger partial charge in [0, 0.05) is 24.0 Å². The van der Waals surface area contributed by atoms with Crippen molar-refractivity contribution in [3.63, 3.8) is 0 Å². The molecule has 1 atom stereocenters. The molecule has 5 nitrogen and oxygen atoms in total. The number of benzene rings is 2. The number of halogens is 2. The molecule has 152 valence electrons. The molecular formula is C23H18ClFN2O3. The van der Waals surface area contributed by atoms with Crippen molar-refractivity contribution in [1.82, 2.24) is 0 Å². The molecule has 1 aliphatic carbocycles. The Labute approximate surface area is 178 Å². The minimum Gasteiger partial charge on any atom is -0.487 e. The average molecular weight is 425 g/mol. The van der Waals surface area contributed by atoms with E-state index in [4.69, 9.17) is 26.8 Å². The van der Waals surface area contributed by atoms with Crippen molar-refractivity contribution < 1.29 is 18.7 Å². The summed E-state index contributed by atoms with van der Waals surface area (Å²) in [6.07, 6.45) is 1.67. The normalized spacial score (nSPS) is 18.6. The van der Waals surface area contributed by atoms with Gasteiger partial charge in [-0.1, -0.05) is 35.9 Å². The second-order valence-electron chi connectivity index (χ2n) is 7.11. The topological polar surface area (TPSA) is 85.3 Å². The van der Waals surface area contributed by atoms with Gasteiger partial charge in [0.15, 0.2) is 5.78 Å². The molecule has 0 amide bonds. The van der Waals surface area contributed by atoms with Crippen LogP contribution in [-0.4, -0.2) is 5.78 Å². The Bertz CT molecular complexity index is 1130. The molecule has 1 heterocycles. The van der Waals surface area contributed by atoms with E-state index < -0.39 is 5.92 Å². The molecule has 2 aromatic rings. The SMILES string of the molecule is N#CC1=C(N)OC2=C(C(=O)CCC2)[C@H]1c1ccc(OCc2ccccc2F)c(Cl)c1. The van der Waals surface area contributed by atoms with Crippen molar-refractivity contribution in [1.29, 1.82) is 5.26 Å². The number of hydrogen-bond donors (Lipinski definition) is 1. The van der Waals surface area contributed by atoms with E-state index in [0.29, 0.717) is 47.5 Å². The lowest BCUT2D eigenvalue weighted by Crippen LogP contribution is -2.27. The van der Waals surface area contributed by atoms with E-state index in [1.54, 1.807) is 36.4 Å². The summed E-state index contributed by atoms with van der Waals surface area (Å²) in [5.41, 5.74) is 7.65. The summed E-state index contributed by atoms with van der Waals surface area (Å²) >= 11 is 6.41. The van der Waals surface area contributed by atoms with Crippen molar-refractivity contribution in [3.8, 4) is 11.8 Å². The van der Waals surface area contributed by atoms with E-state index in [1.165, 1.54) is 6.07 Å². The predicted octanol–water partition coefficient (Wildman–Crippen LogP) is 4.87. The van der Waals surface area contributed by atoms with Gasteiger partial charge >= 0.3 is 0 Å². The molecule has 1 aliphatic heterocycles. The van der Waals surface area contributed by atoms with Crippen LogP contribution in [0.1, 0.15) is 36.3 Å². The Morgan fingerprint density at radius 1 is 1.27 bits per heavy atom. The summed E-state index contributed by atoms with van der Waals surface area (Å²) in [5.74, 6) is -0.157. The maximum absolute atomic E-state index is 13.8. The van der Waals surface area contributed by atoms with Crippen LogP contribution in [0.4, 0.5) is 4.39 Å². The van der Waals surface area contributed by atoms with E-state index in [0.717, 1.165) is 0 Å². The van der Waals surface area contributed by atoms with Crippen LogP contribution < -0.4 is 10.5 Å². The van der Waals surface area contributed by atoms with Crippen molar-refractivity contribution in [2.24, 2.45) is 5.73 Å². The van der Waals surface area contributed by atoms with Crippen LogP contribution in [-0.2, 0) is 16.1 Å². The average Bonchev–Trinajstić information content (AvgIpc) is 2.73. The minimum atomic E-state index is -0.635. The maximum Gasteiger partial charge on any atom is 0.205 e. The van der Waals surface area contributed by atoms with Crippen LogP contribution in [0.25, 0.3) is 0 Å². The smallest absolute Gasteiger partial charge is 0.205 e. The Kier molecular flexibility index (Phi) is 5.47. The number of nitriles is 1. The van der Waals surface area contributed by atoms with E-state index in [2.05, 4.69) is 6.07 Å². The zero-order chi connectivity index (χ0) is 21.3. The molecule has 0 radical (unpaired) electrons. The van der Waals surface area contributed by atoms with E-state index >= 15 is 0 Å². The van der Waals surface area contributed by atoms with Gasteiger partial charge in [-0.15, -0.1) is 0 Å². The third-order valence-electron chi connectivity index (χ3n) is 5.24. The molecule has 0 fully saturated rings. The molecule has 0 aromatic heterocycles. The molecule has 2 N–H and O–H groups in total. The first-order valence-electron chi connectivity index (χ1n) is 9.49. The van der Waals surface area contributed by atoms with Crippen molar-refractivity contribution in [2.45, 2.75) is 31.8 Å². The highest BCUT2D eigenvalue weighted by Gasteiger charge is 2.38. The number of rotatable bonds is 4. The quantitative estimate of drug-likeness (QED) is 0.756. The number of nitrogens with zero attached hydrogens (tertiary/aromatic N) is 1. The van der Waals surface area contributed by atoms with Crippen LogP contribution in [0.5, 0.6) is 5.75 Å². The van der Waals surface area contributed by atoms with Crippen LogP contribution in [0.3, 0.4) is 0 Å². The van der Waals surface area contributed by atoms with Crippen LogP contribution in [0.2, 0.25) is 5.02 Å². The molecule has 0 unspecified atom stereocenters. The number of Topliss-reactive ketones (excluding diaryl/α,β-unsaturated/α-hetero) is 1. The van der Waals surface area contributed by atoms with Gasteiger partial charge in [-0.2, -0.15) is 5.26 Å². The summed E-state index contributed by atoms with van der Waals surface area (Å²) in [7, 11) is 0. The Morgan fingerprint density at radius 3 is 2.80 bits per heavy atom. The number of nitrogens with two attached hydrogens (primary N) is 1. The Hall–Kier alpha value is -3.30. The molecule has 30 heavy (non-hydrogen) atoms. The summed E-state index contributed by atoms with van der Waals surface area (Å²) < 4.78 is 25.0. The van der Waals surface area contributed by atoms with Gasteiger partial charge < -0.3 is 15.2 Å². The number of carbonyl (C=O) groups is 1. The fourth-order valence-corrected chi connectivity index (χ4v) is 4.02. The third kappa shape index (κ3) is 3.64. The molecule has 0 saturated heterocycles. The number of hydrogen-bond acceptors (Lipinski definition) is 5. The molecule has 4 rings (SSSR count). The summed E-state index contributed by atoms with van der Waals surface area (Å²) in [5, 5.41) is 9.92. The molecule has 0 bridgehead atoms. The van der Waals surface area contributed by atoms with Gasteiger partial charge in [0.1, 0.15) is 35.6 Å². The van der Waals surface area contributed by atoms with Gasteiger partial charge in [0.25, 0.3) is 0 Å². The summed E-state index contributed by atoms with van der Waals surface area (Å²) in [6.45, 7) is 0.0209. The van der Waals surface area contributed by atoms with E-state index in [1.807, 2.05) is 0 Å². The van der Waals surface area contributed by atoms with Gasteiger partial charge in [0.2, 0.25) is 5.88 Å². The highest BCUT2D eigenvalue weighted by molar-refractivity contribution is 6.32. The predicted molar refractivity (Wildman–Crippen MR) is 109 cm³/mol. The molecule has 2 aliphatic rings. The first-order chi connectivity index (χ1) is 14.5. The second-order valence-corrected chi connectivity index (χ2v) is 7.52. The number of carbonyl (C=O) groups excluding carboxylic acids is 1. The summed E-state index contributed by atoms with van der Waals surface area (Å²) in [4.78, 5) is 12.6. The third-order valence-corrected chi connectivity index (χ3v) is 5.53. The monoisotopic (exact) mass is 424 g/mol. The van der Waals surface area contributed by atoms with Crippen LogP contribution in [0, 0.1) is 17.1 Å². The Balaban J connectivity index is 1.66. The fraction of sp³-hybridized carbons (Fsp3) is 0.217. The van der Waals surface area contributed by atoms with Crippen LogP contribution in [0.15, 0.2) is 65.3 Å². The van der Waals surface area contributed by atoms with Crippen molar-refractivity contribution >= 4 is 17.4 Å². The first-order valence-corrected chi connectivity index (χ1v) is 9.87. The molecular weight excluding hydrogens is 407 g/mol. The number of ether oxygens (including phenoxy) is 2. The van der Waals surface area contributed by atoms with Gasteiger partial charge in [-0.25, -0.2) is 4.39 Å². The summed E-state index contributed by atoms with van der Waals surface area (Å²) in [6, 6.07) is 13.4. The maximum atomic E-state index is 13.8. The number of allylic oxidation sites excluding steroid dienone is 3. The number of ketones is 1. The lowest BCUT2D eigenvalue weighted by Gasteiger charge is -2.31. The molecule has 0 spiro atoms. The molecule has 2 aromatic carbocycles. The Morgan fingerprint density at radius 2 is 2.07 bits per heavy atom.